The summed E-state index contributed by atoms with van der Waals surface area (Å²) in [5.74, 6) is -3.48. The van der Waals surface area contributed by atoms with E-state index in [1.807, 2.05) is 21.6 Å². The minimum absolute atomic E-state index is 0.00388. The highest BCUT2D eigenvalue weighted by atomic mass is 33.2. The Labute approximate surface area is 316 Å². The normalized spacial score (nSPS) is 15.9. The second kappa shape index (κ2) is 27.1. The van der Waals surface area contributed by atoms with Gasteiger partial charge in [0.05, 0.1) is 10.5 Å². The van der Waals surface area contributed by atoms with Crippen molar-refractivity contribution < 1.29 is 39.3 Å². The Morgan fingerprint density at radius 2 is 1.08 bits per heavy atom. The van der Waals surface area contributed by atoms with Crippen molar-refractivity contribution in [1.82, 2.24) is 10.2 Å². The van der Waals surface area contributed by atoms with Crippen LogP contribution in [0.1, 0.15) is 141 Å². The van der Waals surface area contributed by atoms with Crippen LogP contribution < -0.4 is 5.32 Å². The molecule has 0 aromatic heterocycles. The third kappa shape index (κ3) is 22.2. The van der Waals surface area contributed by atoms with E-state index in [4.69, 9.17) is 5.11 Å². The highest BCUT2D eigenvalue weighted by Crippen LogP contribution is 2.84. The first kappa shape index (κ1) is 44.6. The summed E-state index contributed by atoms with van der Waals surface area (Å²) in [4.78, 5) is 60.1. The van der Waals surface area contributed by atoms with Crippen molar-refractivity contribution in [2.24, 2.45) is 5.92 Å². The maximum atomic E-state index is 12.7. The predicted octanol–water partition coefficient (Wildman–Crippen LogP) is 9.49. The standard InChI is InChI=1S/C33H56N2O8S6/c36-27(34-23-18-17-19-26(31(42)43)32-44-46-33(47-45-32)48-49-33)22-24-35(25-30(40)41)28(37)20-15-13-11-9-7-5-3-1-2-4-6-8-10-12-14-16-21-29(38)39/h26,32H,1-25H2,(H,34,36)(H,38,39)(H,40,41)(H,42,43)/t26-/m0/s1. The van der Waals surface area contributed by atoms with Crippen LogP contribution in [-0.4, -0.2) is 76.9 Å². The number of amides is 2. The van der Waals surface area contributed by atoms with E-state index in [0.717, 1.165) is 38.5 Å². The molecule has 0 unspecified atom stereocenters. The number of carboxylic acids is 3. The predicted molar refractivity (Wildman–Crippen MR) is 210 cm³/mol. The number of rotatable bonds is 31. The number of carbonyl (C=O) groups excluding carboxylic acids is 2. The Kier molecular flexibility index (Phi) is 24.7. The number of carboxylic acid groups (broad SMARTS) is 3. The number of unbranched alkanes of at least 4 members (excludes halogenated alkanes) is 16. The van der Waals surface area contributed by atoms with Crippen LogP contribution in [0.15, 0.2) is 0 Å². The largest absolute Gasteiger partial charge is 0.481 e. The van der Waals surface area contributed by atoms with Crippen LogP contribution in [0, 0.1) is 5.92 Å². The Hall–Kier alpha value is -0.550. The monoisotopic (exact) mass is 800 g/mol. The van der Waals surface area contributed by atoms with Crippen molar-refractivity contribution in [3.05, 3.63) is 0 Å². The molecule has 2 rings (SSSR count). The van der Waals surface area contributed by atoms with Crippen molar-refractivity contribution in [2.75, 3.05) is 19.6 Å². The molecule has 10 nitrogen and oxygen atoms in total. The zero-order valence-corrected chi connectivity index (χ0v) is 33.5. The lowest BCUT2D eigenvalue weighted by Gasteiger charge is -2.27. The summed E-state index contributed by atoms with van der Waals surface area (Å²) >= 11 is 0. The maximum absolute atomic E-state index is 12.7. The molecule has 16 heteroatoms. The number of hydrogen-bond donors (Lipinski definition) is 4. The molecule has 2 heterocycles. The number of carbonyl (C=O) groups is 5. The van der Waals surface area contributed by atoms with Crippen LogP contribution in [0.5, 0.6) is 0 Å². The number of nitrogens with one attached hydrogen (secondary N) is 1. The fraction of sp³-hybridized carbons (Fsp3) is 0.848. The molecule has 0 bridgehead atoms. The van der Waals surface area contributed by atoms with Gasteiger partial charge in [-0.25, -0.2) is 0 Å². The van der Waals surface area contributed by atoms with Crippen LogP contribution >= 0.6 is 64.8 Å². The van der Waals surface area contributed by atoms with Crippen molar-refractivity contribution in [1.29, 1.82) is 0 Å². The van der Waals surface area contributed by atoms with Gasteiger partial charge < -0.3 is 25.5 Å². The lowest BCUT2D eigenvalue weighted by atomic mass is 10.0. The quantitative estimate of drug-likeness (QED) is 0.0298. The summed E-state index contributed by atoms with van der Waals surface area (Å²) in [5, 5.41) is 30.5. The van der Waals surface area contributed by atoms with E-state index in [1.54, 1.807) is 43.2 Å². The Balaban J connectivity index is 1.44. The molecule has 4 N–H and O–H groups in total. The molecule has 2 fully saturated rings. The molecule has 282 valence electrons. The molecule has 1 atom stereocenters. The van der Waals surface area contributed by atoms with Gasteiger partial charge >= 0.3 is 17.9 Å². The van der Waals surface area contributed by atoms with Crippen LogP contribution in [0.2, 0.25) is 0 Å². The molecular weight excluding hydrogens is 745 g/mol. The third-order valence-corrected chi connectivity index (χ3v) is 22.3. The summed E-state index contributed by atoms with van der Waals surface area (Å²) < 4.78 is 0.136. The van der Waals surface area contributed by atoms with E-state index < -0.39 is 30.4 Å². The Morgan fingerprint density at radius 1 is 0.592 bits per heavy atom. The van der Waals surface area contributed by atoms with E-state index in [2.05, 4.69) is 5.32 Å². The van der Waals surface area contributed by atoms with Gasteiger partial charge in [-0.15, -0.1) is 0 Å². The Bertz CT molecular complexity index is 996. The summed E-state index contributed by atoms with van der Waals surface area (Å²) in [6, 6.07) is 0. The average molecular weight is 801 g/mol. The maximum Gasteiger partial charge on any atom is 0.323 e. The van der Waals surface area contributed by atoms with Gasteiger partial charge in [-0.3, -0.25) is 24.0 Å². The van der Waals surface area contributed by atoms with Crippen LogP contribution in [-0.2, 0) is 24.0 Å². The molecule has 1 spiro atoms. The van der Waals surface area contributed by atoms with Gasteiger partial charge in [-0.05, 0) is 47.3 Å². The van der Waals surface area contributed by atoms with Crippen molar-refractivity contribution >= 4 is 94.5 Å². The van der Waals surface area contributed by atoms with Gasteiger partial charge in [0.25, 0.3) is 0 Å². The SMILES string of the molecule is O=C(O)CCCCCCCCCCCCCCCCCCC(=O)N(CCC(=O)NCCCC[C@@H](C(=O)O)C1SSC2(SS1)SS2)CC(=O)O. The molecule has 49 heavy (non-hydrogen) atoms. The molecule has 2 amide bonds. The minimum Gasteiger partial charge on any atom is -0.481 e. The van der Waals surface area contributed by atoms with Gasteiger partial charge in [-0.1, -0.05) is 139 Å². The number of hydrogen-bond acceptors (Lipinski definition) is 11. The first-order valence-electron chi connectivity index (χ1n) is 17.9. The van der Waals surface area contributed by atoms with Crippen molar-refractivity contribution in [3.8, 4) is 0 Å². The first-order valence-corrected chi connectivity index (χ1v) is 24.5. The molecule has 0 aromatic carbocycles. The zero-order valence-electron chi connectivity index (χ0n) is 28.6. The molecule has 0 aromatic rings. The van der Waals surface area contributed by atoms with Gasteiger partial charge in [0.1, 0.15) is 6.54 Å². The fourth-order valence-corrected chi connectivity index (χ4v) is 19.4. The summed E-state index contributed by atoms with van der Waals surface area (Å²) in [6.07, 6.45) is 20.5. The number of nitrogens with zero attached hydrogens (tertiary/aromatic N) is 1. The summed E-state index contributed by atoms with van der Waals surface area (Å²) in [5.41, 5.74) is 0. The summed E-state index contributed by atoms with van der Waals surface area (Å²) in [6.45, 7) is 0.0720. The first-order chi connectivity index (χ1) is 23.6. The lowest BCUT2D eigenvalue weighted by Crippen LogP contribution is -2.38. The van der Waals surface area contributed by atoms with E-state index >= 15 is 0 Å². The molecule has 0 aliphatic carbocycles. The fourth-order valence-electron chi connectivity index (χ4n) is 5.52. The second-order valence-corrected chi connectivity index (χ2v) is 22.2. The zero-order chi connectivity index (χ0) is 35.7. The number of aliphatic carboxylic acids is 3. The smallest absolute Gasteiger partial charge is 0.323 e. The minimum atomic E-state index is -1.09. The lowest BCUT2D eigenvalue weighted by molar-refractivity contribution is -0.145. The van der Waals surface area contributed by atoms with Crippen LogP contribution in [0.3, 0.4) is 0 Å². The van der Waals surface area contributed by atoms with Crippen molar-refractivity contribution in [3.63, 3.8) is 0 Å². The Morgan fingerprint density at radius 3 is 1.53 bits per heavy atom. The second-order valence-electron chi connectivity index (χ2n) is 12.7. The van der Waals surface area contributed by atoms with Gasteiger partial charge in [-0.2, -0.15) is 0 Å². The van der Waals surface area contributed by atoms with Crippen molar-refractivity contribution in [2.45, 2.75) is 149 Å². The molecule has 0 radical (unpaired) electrons. The molecule has 0 saturated carbocycles. The highest BCUT2D eigenvalue weighted by Gasteiger charge is 2.53. The van der Waals surface area contributed by atoms with E-state index in [1.165, 1.54) is 62.7 Å². The van der Waals surface area contributed by atoms with E-state index in [9.17, 15) is 34.2 Å². The highest BCUT2D eigenvalue weighted by molar-refractivity contribution is 9.14. The summed E-state index contributed by atoms with van der Waals surface area (Å²) in [7, 11) is 10.4. The van der Waals surface area contributed by atoms with Crippen LogP contribution in [0.25, 0.3) is 0 Å². The molecular formula is C33H56N2O8S6. The van der Waals surface area contributed by atoms with Gasteiger partial charge in [0.15, 0.2) is 2.74 Å². The van der Waals surface area contributed by atoms with Gasteiger partial charge in [0.2, 0.25) is 11.8 Å². The van der Waals surface area contributed by atoms with E-state index in [-0.39, 0.29) is 44.9 Å². The van der Waals surface area contributed by atoms with Gasteiger partial charge in [0, 0.05) is 32.4 Å². The topological polar surface area (TPSA) is 161 Å². The average Bonchev–Trinajstić information content (AvgIpc) is 3.82. The van der Waals surface area contributed by atoms with E-state index in [0.29, 0.717) is 32.2 Å². The third-order valence-electron chi connectivity index (χ3n) is 8.44. The molecule has 2 aliphatic heterocycles. The van der Waals surface area contributed by atoms with Crippen LogP contribution in [0.4, 0.5) is 0 Å². The molecule has 2 saturated heterocycles. The molecule has 2 aliphatic rings.